The van der Waals surface area contributed by atoms with Crippen LogP contribution in [0, 0.1) is 5.92 Å². The lowest BCUT2D eigenvalue weighted by Gasteiger charge is -2.25. The molecule has 0 unspecified atom stereocenters. The minimum Gasteiger partial charge on any atom is -0.333 e. The molecule has 3 fully saturated rings. The zero-order valence-corrected chi connectivity index (χ0v) is 11.8. The van der Waals surface area contributed by atoms with Crippen molar-refractivity contribution in [3.8, 4) is 0 Å². The minimum atomic E-state index is 0.141. The summed E-state index contributed by atoms with van der Waals surface area (Å²) >= 11 is 1.50. The highest BCUT2D eigenvalue weighted by molar-refractivity contribution is 7.07. The molecule has 4 rings (SSSR count). The van der Waals surface area contributed by atoms with E-state index in [1.807, 2.05) is 5.38 Å². The first-order valence-corrected chi connectivity index (χ1v) is 8.20. The van der Waals surface area contributed by atoms with Crippen molar-refractivity contribution in [1.29, 1.82) is 0 Å². The van der Waals surface area contributed by atoms with E-state index in [0.29, 0.717) is 17.8 Å². The van der Waals surface area contributed by atoms with Gasteiger partial charge in [-0.15, -0.1) is 11.3 Å². The quantitative estimate of drug-likeness (QED) is 0.846. The summed E-state index contributed by atoms with van der Waals surface area (Å²) in [6, 6.07) is 1.05. The number of amides is 1. The summed E-state index contributed by atoms with van der Waals surface area (Å²) in [5, 5.41) is 1.87. The smallest absolute Gasteiger partial charge is 0.273 e. The van der Waals surface area contributed by atoms with Crippen LogP contribution < -0.4 is 0 Å². The summed E-state index contributed by atoms with van der Waals surface area (Å²) in [7, 11) is 0. The summed E-state index contributed by atoms with van der Waals surface area (Å²) in [6.07, 6.45) is 5.12. The first-order valence-electron chi connectivity index (χ1n) is 7.26. The van der Waals surface area contributed by atoms with Crippen LogP contribution in [0.2, 0.25) is 0 Å². The number of aromatic nitrogens is 1. The average molecular weight is 277 g/mol. The molecule has 3 heterocycles. The predicted molar refractivity (Wildman–Crippen MR) is 74.3 cm³/mol. The van der Waals surface area contributed by atoms with Crippen molar-refractivity contribution in [2.45, 2.75) is 37.8 Å². The van der Waals surface area contributed by atoms with Gasteiger partial charge >= 0.3 is 0 Å². The number of fused-ring (bicyclic) bond motifs is 1. The topological polar surface area (TPSA) is 36.4 Å². The fourth-order valence-corrected chi connectivity index (χ4v) is 4.18. The highest BCUT2D eigenvalue weighted by Crippen LogP contribution is 2.37. The van der Waals surface area contributed by atoms with E-state index in [1.54, 1.807) is 5.51 Å². The van der Waals surface area contributed by atoms with Crippen LogP contribution in [0.15, 0.2) is 10.9 Å². The normalized spacial score (nSPS) is 30.8. The third kappa shape index (κ3) is 2.09. The number of likely N-dealkylation sites (tertiary alicyclic amines) is 2. The number of hydrogen-bond acceptors (Lipinski definition) is 4. The monoisotopic (exact) mass is 277 g/mol. The first kappa shape index (κ1) is 11.9. The molecule has 1 aromatic rings. The molecule has 102 valence electrons. The molecule has 0 N–H and O–H groups in total. The average Bonchev–Trinajstić information content (AvgIpc) is 2.87. The van der Waals surface area contributed by atoms with Crippen molar-refractivity contribution in [2.75, 3.05) is 19.6 Å². The Kier molecular flexibility index (Phi) is 2.84. The Labute approximate surface area is 117 Å². The maximum atomic E-state index is 12.4. The fraction of sp³-hybridized carbons (Fsp3) is 0.714. The molecule has 1 saturated carbocycles. The third-order valence-corrected chi connectivity index (χ3v) is 5.38. The number of thiazole rings is 1. The van der Waals surface area contributed by atoms with Gasteiger partial charge in [-0.25, -0.2) is 4.98 Å². The molecule has 2 saturated heterocycles. The number of hydrogen-bond donors (Lipinski definition) is 0. The first-order chi connectivity index (χ1) is 9.33. The summed E-state index contributed by atoms with van der Waals surface area (Å²) in [6.45, 7) is 3.35. The second kappa shape index (κ2) is 4.56. The molecule has 0 spiro atoms. The van der Waals surface area contributed by atoms with E-state index in [9.17, 15) is 4.79 Å². The molecule has 4 nitrogen and oxygen atoms in total. The van der Waals surface area contributed by atoms with Crippen molar-refractivity contribution in [1.82, 2.24) is 14.8 Å². The molecule has 2 aliphatic heterocycles. The van der Waals surface area contributed by atoms with Gasteiger partial charge < -0.3 is 4.90 Å². The number of carbonyl (C=O) groups excluding carboxylic acids is 1. The fourth-order valence-electron chi connectivity index (χ4n) is 3.65. The molecule has 3 aliphatic rings. The number of rotatable bonds is 3. The van der Waals surface area contributed by atoms with Crippen molar-refractivity contribution in [3.05, 3.63) is 16.6 Å². The van der Waals surface area contributed by atoms with Gasteiger partial charge in [-0.2, -0.15) is 0 Å². The van der Waals surface area contributed by atoms with Gasteiger partial charge in [0.1, 0.15) is 5.69 Å². The van der Waals surface area contributed by atoms with Crippen molar-refractivity contribution in [2.24, 2.45) is 5.92 Å². The van der Waals surface area contributed by atoms with Gasteiger partial charge in [0.15, 0.2) is 0 Å². The Bertz CT molecular complexity index is 471. The van der Waals surface area contributed by atoms with Crippen molar-refractivity contribution in [3.63, 3.8) is 0 Å². The second-order valence-electron chi connectivity index (χ2n) is 6.02. The highest BCUT2D eigenvalue weighted by atomic mass is 32.1. The largest absolute Gasteiger partial charge is 0.333 e. The SMILES string of the molecule is O=C(c1cscn1)N1CC[C@H]2[C@H]1CCN2CC1CC1. The lowest BCUT2D eigenvalue weighted by Crippen LogP contribution is -2.40. The second-order valence-corrected chi connectivity index (χ2v) is 6.74. The van der Waals surface area contributed by atoms with Gasteiger partial charge in [-0.3, -0.25) is 9.69 Å². The van der Waals surface area contributed by atoms with Gasteiger partial charge in [-0.1, -0.05) is 0 Å². The molecule has 19 heavy (non-hydrogen) atoms. The van der Waals surface area contributed by atoms with Crippen LogP contribution in [0.4, 0.5) is 0 Å². The van der Waals surface area contributed by atoms with Crippen LogP contribution in [-0.4, -0.2) is 52.4 Å². The van der Waals surface area contributed by atoms with E-state index in [0.717, 1.165) is 25.3 Å². The van der Waals surface area contributed by atoms with Crippen LogP contribution >= 0.6 is 11.3 Å². The Hall–Kier alpha value is -0.940. The molecular weight excluding hydrogens is 258 g/mol. The summed E-state index contributed by atoms with van der Waals surface area (Å²) in [5.74, 6) is 1.09. The minimum absolute atomic E-state index is 0.141. The molecular formula is C14H19N3OS. The summed E-state index contributed by atoms with van der Waals surface area (Å²) < 4.78 is 0. The summed E-state index contributed by atoms with van der Waals surface area (Å²) in [5.41, 5.74) is 2.38. The Balaban J connectivity index is 1.47. The predicted octanol–water partition coefficient (Wildman–Crippen LogP) is 1.84. The van der Waals surface area contributed by atoms with Crippen LogP contribution in [0.3, 0.4) is 0 Å². The van der Waals surface area contributed by atoms with E-state index >= 15 is 0 Å². The van der Waals surface area contributed by atoms with Gasteiger partial charge in [-0.05, 0) is 31.6 Å². The standard InChI is InChI=1S/C14H19N3OS/c18-14(11-8-19-9-15-11)17-6-4-12-13(17)3-5-16(12)7-10-1-2-10/h8-10,12-13H,1-7H2/t12-,13+/m0/s1. The van der Waals surface area contributed by atoms with Crippen molar-refractivity contribution < 1.29 is 4.79 Å². The van der Waals surface area contributed by atoms with Gasteiger partial charge in [0.25, 0.3) is 5.91 Å². The third-order valence-electron chi connectivity index (χ3n) is 4.79. The van der Waals surface area contributed by atoms with E-state index < -0.39 is 0 Å². The lowest BCUT2D eigenvalue weighted by molar-refractivity contribution is 0.0727. The van der Waals surface area contributed by atoms with Crippen LogP contribution in [0.5, 0.6) is 0 Å². The van der Waals surface area contributed by atoms with Gasteiger partial charge in [0, 0.05) is 37.1 Å². The van der Waals surface area contributed by atoms with Gasteiger partial charge in [0.2, 0.25) is 0 Å². The Morgan fingerprint density at radius 1 is 1.26 bits per heavy atom. The zero-order valence-electron chi connectivity index (χ0n) is 11.0. The zero-order chi connectivity index (χ0) is 12.8. The van der Waals surface area contributed by atoms with Crippen LogP contribution in [-0.2, 0) is 0 Å². The molecule has 0 bridgehead atoms. The van der Waals surface area contributed by atoms with Gasteiger partial charge in [0.05, 0.1) is 5.51 Å². The Morgan fingerprint density at radius 2 is 2.11 bits per heavy atom. The molecule has 1 aliphatic carbocycles. The maximum absolute atomic E-state index is 12.4. The van der Waals surface area contributed by atoms with Crippen molar-refractivity contribution >= 4 is 17.2 Å². The lowest BCUT2D eigenvalue weighted by atomic mass is 10.1. The molecule has 0 radical (unpaired) electrons. The van der Waals surface area contributed by atoms with E-state index in [2.05, 4.69) is 14.8 Å². The molecule has 5 heteroatoms. The molecule has 1 amide bonds. The van der Waals surface area contributed by atoms with Crippen LogP contribution in [0.1, 0.15) is 36.2 Å². The Morgan fingerprint density at radius 3 is 2.84 bits per heavy atom. The maximum Gasteiger partial charge on any atom is 0.273 e. The number of carbonyl (C=O) groups is 1. The number of nitrogens with zero attached hydrogens (tertiary/aromatic N) is 3. The summed E-state index contributed by atoms with van der Waals surface area (Å²) in [4.78, 5) is 21.3. The molecule has 0 aromatic carbocycles. The van der Waals surface area contributed by atoms with E-state index in [1.165, 1.54) is 37.3 Å². The van der Waals surface area contributed by atoms with E-state index in [4.69, 9.17) is 0 Å². The van der Waals surface area contributed by atoms with Crippen LogP contribution in [0.25, 0.3) is 0 Å². The molecule has 2 atom stereocenters. The highest BCUT2D eigenvalue weighted by Gasteiger charge is 2.45. The molecule has 1 aromatic heterocycles. The van der Waals surface area contributed by atoms with E-state index in [-0.39, 0.29) is 5.91 Å².